The summed E-state index contributed by atoms with van der Waals surface area (Å²) in [5.41, 5.74) is 0.00230. The Bertz CT molecular complexity index is 816. The van der Waals surface area contributed by atoms with Crippen LogP contribution in [-0.4, -0.2) is 48.3 Å². The van der Waals surface area contributed by atoms with Gasteiger partial charge in [0.25, 0.3) is 0 Å². The second-order valence-electron chi connectivity index (χ2n) is 7.86. The van der Waals surface area contributed by atoms with Crippen LogP contribution in [0.4, 0.5) is 14.5 Å². The van der Waals surface area contributed by atoms with Crippen molar-refractivity contribution in [1.82, 2.24) is 10.2 Å². The highest BCUT2D eigenvalue weighted by atomic mass is 19.1. The molecule has 0 radical (unpaired) electrons. The maximum Gasteiger partial charge on any atom is 0.228 e. The molecule has 1 N–H and O–H groups in total. The molecule has 3 fully saturated rings. The lowest BCUT2D eigenvalue weighted by Crippen LogP contribution is -2.50. The van der Waals surface area contributed by atoms with Crippen LogP contribution >= 0.6 is 0 Å². The molecule has 3 atom stereocenters. The Morgan fingerprint density at radius 1 is 1.14 bits per heavy atom. The van der Waals surface area contributed by atoms with E-state index in [-0.39, 0.29) is 48.3 Å². The van der Waals surface area contributed by atoms with Gasteiger partial charge in [0.15, 0.2) is 0 Å². The van der Waals surface area contributed by atoms with Crippen LogP contribution in [-0.2, 0) is 14.4 Å². The van der Waals surface area contributed by atoms with Crippen LogP contribution in [0.25, 0.3) is 0 Å². The number of nitrogens with zero attached hydrogens (tertiary/aromatic N) is 2. The molecule has 4 rings (SSSR count). The molecule has 8 heteroatoms. The highest BCUT2D eigenvalue weighted by Crippen LogP contribution is 2.33. The number of hydrogen-bond acceptors (Lipinski definition) is 3. The first-order valence-electron chi connectivity index (χ1n) is 9.76. The van der Waals surface area contributed by atoms with Crippen molar-refractivity contribution in [3.8, 4) is 0 Å². The van der Waals surface area contributed by atoms with Crippen molar-refractivity contribution in [2.75, 3.05) is 24.5 Å². The number of rotatable bonds is 3. The zero-order chi connectivity index (χ0) is 19.8. The molecule has 6 nitrogen and oxygen atoms in total. The first-order chi connectivity index (χ1) is 13.4. The first kappa shape index (κ1) is 18.8. The molecule has 0 aromatic heterocycles. The number of likely N-dealkylation sites (tertiary alicyclic amines) is 1. The molecule has 0 unspecified atom stereocenters. The van der Waals surface area contributed by atoms with Crippen molar-refractivity contribution in [3.05, 3.63) is 29.8 Å². The predicted molar refractivity (Wildman–Crippen MR) is 97.3 cm³/mol. The van der Waals surface area contributed by atoms with Crippen molar-refractivity contribution in [3.63, 3.8) is 0 Å². The molecule has 3 saturated heterocycles. The number of halogens is 2. The molecule has 3 aliphatic rings. The van der Waals surface area contributed by atoms with Crippen LogP contribution in [0.15, 0.2) is 18.2 Å². The Balaban J connectivity index is 1.49. The molecule has 3 heterocycles. The lowest BCUT2D eigenvalue weighted by Gasteiger charge is -2.40. The Morgan fingerprint density at radius 2 is 1.96 bits per heavy atom. The van der Waals surface area contributed by atoms with E-state index >= 15 is 0 Å². The van der Waals surface area contributed by atoms with Crippen LogP contribution in [0.3, 0.4) is 0 Å². The normalized spacial score (nSPS) is 28.0. The van der Waals surface area contributed by atoms with Gasteiger partial charge in [-0.25, -0.2) is 8.78 Å². The van der Waals surface area contributed by atoms with Gasteiger partial charge < -0.3 is 15.1 Å². The first-order valence-corrected chi connectivity index (χ1v) is 9.76. The molecule has 3 amide bonds. The Morgan fingerprint density at radius 3 is 2.68 bits per heavy atom. The molecule has 150 valence electrons. The molecule has 0 bridgehead atoms. The average Bonchev–Trinajstić information content (AvgIpc) is 3.27. The molecule has 1 aromatic rings. The van der Waals surface area contributed by atoms with E-state index in [0.29, 0.717) is 19.5 Å². The smallest absolute Gasteiger partial charge is 0.228 e. The van der Waals surface area contributed by atoms with E-state index in [9.17, 15) is 23.2 Å². The third-order valence-corrected chi connectivity index (χ3v) is 6.06. The van der Waals surface area contributed by atoms with Crippen LogP contribution < -0.4 is 10.2 Å². The lowest BCUT2D eigenvalue weighted by molar-refractivity contribution is -0.140. The molecule has 0 aliphatic carbocycles. The highest BCUT2D eigenvalue weighted by Gasteiger charge is 2.42. The van der Waals surface area contributed by atoms with Gasteiger partial charge in [-0.3, -0.25) is 14.4 Å². The highest BCUT2D eigenvalue weighted by molar-refractivity contribution is 6.00. The number of benzene rings is 1. The van der Waals surface area contributed by atoms with Crippen molar-refractivity contribution in [2.45, 2.75) is 38.1 Å². The quantitative estimate of drug-likeness (QED) is 0.855. The summed E-state index contributed by atoms with van der Waals surface area (Å²) in [5.74, 6) is -2.42. The molecule has 28 heavy (non-hydrogen) atoms. The minimum absolute atomic E-state index is 0.00230. The van der Waals surface area contributed by atoms with Gasteiger partial charge in [-0.05, 0) is 31.4 Å². The maximum atomic E-state index is 14.1. The maximum absolute atomic E-state index is 14.1. The summed E-state index contributed by atoms with van der Waals surface area (Å²) in [4.78, 5) is 40.3. The third kappa shape index (κ3) is 3.47. The van der Waals surface area contributed by atoms with E-state index in [1.807, 2.05) is 4.90 Å². The van der Waals surface area contributed by atoms with Crippen LogP contribution in [0.2, 0.25) is 0 Å². The fourth-order valence-corrected chi connectivity index (χ4v) is 4.66. The van der Waals surface area contributed by atoms with E-state index < -0.39 is 17.6 Å². The number of anilines is 1. The minimum Gasteiger partial charge on any atom is -0.356 e. The predicted octanol–water partition coefficient (Wildman–Crippen LogP) is 1.83. The van der Waals surface area contributed by atoms with Crippen LogP contribution in [0.1, 0.15) is 32.1 Å². The Kier molecular flexibility index (Phi) is 5.03. The number of amides is 3. The summed E-state index contributed by atoms with van der Waals surface area (Å²) in [7, 11) is 0. The van der Waals surface area contributed by atoms with Gasteiger partial charge in [0.05, 0.1) is 11.6 Å². The average molecular weight is 391 g/mol. The monoisotopic (exact) mass is 391 g/mol. The Labute approximate surface area is 161 Å². The van der Waals surface area contributed by atoms with Crippen molar-refractivity contribution in [2.24, 2.45) is 11.8 Å². The number of piperidine rings is 1. The van der Waals surface area contributed by atoms with Gasteiger partial charge in [0.1, 0.15) is 11.6 Å². The van der Waals surface area contributed by atoms with Crippen LogP contribution in [0.5, 0.6) is 0 Å². The van der Waals surface area contributed by atoms with Gasteiger partial charge in [-0.2, -0.15) is 0 Å². The van der Waals surface area contributed by atoms with Gasteiger partial charge >= 0.3 is 0 Å². The summed E-state index contributed by atoms with van der Waals surface area (Å²) in [6, 6.07) is 3.07. The van der Waals surface area contributed by atoms with E-state index in [0.717, 1.165) is 31.4 Å². The van der Waals surface area contributed by atoms with E-state index in [1.54, 1.807) is 0 Å². The molecule has 3 aliphatic heterocycles. The van der Waals surface area contributed by atoms with Crippen LogP contribution in [0, 0.1) is 23.5 Å². The molecule has 0 spiro atoms. The minimum atomic E-state index is -0.812. The fraction of sp³-hybridized carbons (Fsp3) is 0.550. The van der Waals surface area contributed by atoms with Gasteiger partial charge in [-0.15, -0.1) is 0 Å². The van der Waals surface area contributed by atoms with Gasteiger partial charge in [0.2, 0.25) is 17.7 Å². The molecule has 1 aromatic carbocycles. The second-order valence-corrected chi connectivity index (χ2v) is 7.86. The number of carbonyl (C=O) groups excluding carboxylic acids is 3. The SMILES string of the molecule is O=C1C[C@H]([C@H]2CCCCN2C(=O)[C@@H]2CC(=O)N(c3ccc(F)cc3F)C2)CN1. The fourth-order valence-electron chi connectivity index (χ4n) is 4.66. The standard InChI is InChI=1S/C20H23F2N3O3/c21-14-4-5-17(15(22)9-14)25-11-13(8-19(25)27)20(28)24-6-2-1-3-16(24)12-7-18(26)23-10-12/h4-5,9,12-13,16H,1-3,6-8,10-11H2,(H,23,26)/t12-,13+,16+/m0/s1. The summed E-state index contributed by atoms with van der Waals surface area (Å²) < 4.78 is 27.3. The van der Waals surface area contributed by atoms with E-state index in [1.165, 1.54) is 11.0 Å². The second kappa shape index (κ2) is 7.48. The third-order valence-electron chi connectivity index (χ3n) is 6.06. The number of carbonyl (C=O) groups is 3. The van der Waals surface area contributed by atoms with E-state index in [2.05, 4.69) is 5.32 Å². The zero-order valence-corrected chi connectivity index (χ0v) is 15.5. The number of hydrogen-bond donors (Lipinski definition) is 1. The largest absolute Gasteiger partial charge is 0.356 e. The van der Waals surface area contributed by atoms with Crippen molar-refractivity contribution >= 4 is 23.4 Å². The summed E-state index contributed by atoms with van der Waals surface area (Å²) >= 11 is 0. The lowest BCUT2D eigenvalue weighted by atomic mass is 9.88. The van der Waals surface area contributed by atoms with Crippen molar-refractivity contribution in [1.29, 1.82) is 0 Å². The summed E-state index contributed by atoms with van der Waals surface area (Å²) in [5, 5.41) is 2.83. The summed E-state index contributed by atoms with van der Waals surface area (Å²) in [6.45, 7) is 1.28. The van der Waals surface area contributed by atoms with Gasteiger partial charge in [0, 0.05) is 50.5 Å². The molecular weight excluding hydrogens is 368 g/mol. The van der Waals surface area contributed by atoms with Crippen molar-refractivity contribution < 1.29 is 23.2 Å². The van der Waals surface area contributed by atoms with E-state index in [4.69, 9.17) is 0 Å². The molecular formula is C20H23F2N3O3. The van der Waals surface area contributed by atoms with Gasteiger partial charge in [-0.1, -0.05) is 0 Å². The summed E-state index contributed by atoms with van der Waals surface area (Å²) in [6.07, 6.45) is 3.19. The number of nitrogens with one attached hydrogen (secondary N) is 1. The molecule has 0 saturated carbocycles. The Hall–Kier alpha value is -2.51. The topological polar surface area (TPSA) is 69.7 Å². The zero-order valence-electron chi connectivity index (χ0n) is 15.5.